The van der Waals surface area contributed by atoms with E-state index in [0.29, 0.717) is 10.7 Å². The van der Waals surface area contributed by atoms with Crippen molar-refractivity contribution in [1.82, 2.24) is 0 Å². The van der Waals surface area contributed by atoms with Gasteiger partial charge in [-0.25, -0.2) is 0 Å². The molecule has 4 nitrogen and oxygen atoms in total. The van der Waals surface area contributed by atoms with E-state index in [1.807, 2.05) is 12.1 Å². The molecule has 0 bridgehead atoms. The Labute approximate surface area is 122 Å². The lowest BCUT2D eigenvalue weighted by atomic mass is 10.1. The van der Waals surface area contributed by atoms with Gasteiger partial charge in [-0.2, -0.15) is 0 Å². The summed E-state index contributed by atoms with van der Waals surface area (Å²) in [4.78, 5) is 22.3. The first-order chi connectivity index (χ1) is 8.49. The lowest BCUT2D eigenvalue weighted by Gasteiger charge is -2.15. The third-order valence-electron chi connectivity index (χ3n) is 2.05. The van der Waals surface area contributed by atoms with Gasteiger partial charge in [-0.1, -0.05) is 44.0 Å². The summed E-state index contributed by atoms with van der Waals surface area (Å²) >= 11 is 6.60. The maximum absolute atomic E-state index is 11.1. The van der Waals surface area contributed by atoms with Crippen molar-refractivity contribution in [3.63, 3.8) is 0 Å². The molecule has 0 heterocycles. The van der Waals surface area contributed by atoms with E-state index in [1.165, 1.54) is 13.8 Å². The summed E-state index contributed by atoms with van der Waals surface area (Å²) in [6.45, 7) is 2.60. The smallest absolute Gasteiger partial charge is 0.308 e. The van der Waals surface area contributed by atoms with Gasteiger partial charge in [0.2, 0.25) is 0 Å². The van der Waals surface area contributed by atoms with E-state index >= 15 is 0 Å². The van der Waals surface area contributed by atoms with Crippen molar-refractivity contribution in [1.29, 1.82) is 0 Å². The second kappa shape index (κ2) is 6.89. The Morgan fingerprint density at radius 1 is 0.944 bits per heavy atom. The monoisotopic (exact) mass is 378 g/mol. The fourth-order valence-corrected chi connectivity index (χ4v) is 2.25. The van der Waals surface area contributed by atoms with E-state index in [4.69, 9.17) is 9.47 Å². The van der Waals surface area contributed by atoms with Gasteiger partial charge in [0, 0.05) is 35.6 Å². The lowest BCUT2D eigenvalue weighted by Crippen LogP contribution is -2.10. The average Bonchev–Trinajstić information content (AvgIpc) is 2.29. The molecule has 0 amide bonds. The third kappa shape index (κ3) is 3.81. The summed E-state index contributed by atoms with van der Waals surface area (Å²) in [5.41, 5.74) is 1.48. The van der Waals surface area contributed by atoms with Gasteiger partial charge in [-0.15, -0.1) is 0 Å². The van der Waals surface area contributed by atoms with E-state index < -0.39 is 11.9 Å². The van der Waals surface area contributed by atoms with Crippen molar-refractivity contribution in [2.45, 2.75) is 24.5 Å². The van der Waals surface area contributed by atoms with Crippen LogP contribution in [0.25, 0.3) is 0 Å². The van der Waals surface area contributed by atoms with Gasteiger partial charge in [0.15, 0.2) is 11.5 Å². The van der Waals surface area contributed by atoms with Gasteiger partial charge in [0.1, 0.15) is 0 Å². The molecular formula is C12H12Br2O4. The topological polar surface area (TPSA) is 52.6 Å². The number of rotatable bonds is 4. The number of ether oxygens (including phenoxy) is 2. The SMILES string of the molecule is CC(=O)Oc1c(CBr)ccc(CBr)c1OC(C)=O. The molecule has 0 fully saturated rings. The van der Waals surface area contributed by atoms with Crippen LogP contribution in [0.5, 0.6) is 11.5 Å². The minimum Gasteiger partial charge on any atom is -0.422 e. The number of halogens is 2. The van der Waals surface area contributed by atoms with Gasteiger partial charge in [0.05, 0.1) is 0 Å². The molecule has 1 rings (SSSR count). The number of carbonyl (C=O) groups excluding carboxylic acids is 2. The summed E-state index contributed by atoms with van der Waals surface area (Å²) in [6.07, 6.45) is 0. The maximum Gasteiger partial charge on any atom is 0.308 e. The van der Waals surface area contributed by atoms with Crippen molar-refractivity contribution in [3.8, 4) is 11.5 Å². The highest BCUT2D eigenvalue weighted by atomic mass is 79.9. The fourth-order valence-electron chi connectivity index (χ4n) is 1.37. The van der Waals surface area contributed by atoms with Crippen LogP contribution in [-0.4, -0.2) is 11.9 Å². The molecule has 0 aliphatic rings. The second-order valence-corrected chi connectivity index (χ2v) is 4.62. The number of esters is 2. The molecule has 0 unspecified atom stereocenters. The molecular weight excluding hydrogens is 368 g/mol. The number of benzene rings is 1. The Balaban J connectivity index is 3.36. The molecule has 1 aromatic rings. The molecule has 0 N–H and O–H groups in total. The van der Waals surface area contributed by atoms with E-state index in [2.05, 4.69) is 31.9 Å². The highest BCUT2D eigenvalue weighted by molar-refractivity contribution is 9.08. The van der Waals surface area contributed by atoms with Gasteiger partial charge in [-0.05, 0) is 0 Å². The number of alkyl halides is 2. The number of hydrogen-bond acceptors (Lipinski definition) is 4. The van der Waals surface area contributed by atoms with Crippen LogP contribution in [0.1, 0.15) is 25.0 Å². The molecule has 6 heteroatoms. The van der Waals surface area contributed by atoms with Crippen LogP contribution in [0, 0.1) is 0 Å². The third-order valence-corrected chi connectivity index (χ3v) is 3.26. The molecule has 1 aromatic carbocycles. The molecule has 0 saturated carbocycles. The lowest BCUT2D eigenvalue weighted by molar-refractivity contribution is -0.134. The molecule has 0 radical (unpaired) electrons. The Kier molecular flexibility index (Phi) is 5.81. The number of hydrogen-bond donors (Lipinski definition) is 0. The highest BCUT2D eigenvalue weighted by Crippen LogP contribution is 2.37. The highest BCUT2D eigenvalue weighted by Gasteiger charge is 2.18. The molecule has 98 valence electrons. The van der Waals surface area contributed by atoms with Crippen molar-refractivity contribution in [3.05, 3.63) is 23.3 Å². The Bertz CT molecular complexity index is 428. The summed E-state index contributed by atoms with van der Waals surface area (Å²) in [5.74, 6) is -0.354. The minimum atomic E-state index is -0.461. The molecule has 18 heavy (non-hydrogen) atoms. The molecule has 0 saturated heterocycles. The second-order valence-electron chi connectivity index (χ2n) is 3.50. The van der Waals surface area contributed by atoms with E-state index in [1.54, 1.807) is 0 Å². The van der Waals surface area contributed by atoms with Gasteiger partial charge < -0.3 is 9.47 Å². The zero-order valence-corrected chi connectivity index (χ0v) is 13.1. The van der Waals surface area contributed by atoms with Gasteiger partial charge in [-0.3, -0.25) is 9.59 Å². The fraction of sp³-hybridized carbons (Fsp3) is 0.333. The Hall–Kier alpha value is -0.880. The van der Waals surface area contributed by atoms with Crippen LogP contribution in [0.4, 0.5) is 0 Å². The first-order valence-corrected chi connectivity index (χ1v) is 7.37. The summed E-state index contributed by atoms with van der Waals surface area (Å²) in [7, 11) is 0. The predicted octanol–water partition coefficient (Wildman–Crippen LogP) is 3.33. The number of carbonyl (C=O) groups is 2. The minimum absolute atomic E-state index is 0.284. The Morgan fingerprint density at radius 3 is 1.50 bits per heavy atom. The van der Waals surface area contributed by atoms with Crippen LogP contribution in [0.15, 0.2) is 12.1 Å². The van der Waals surface area contributed by atoms with Crippen LogP contribution in [-0.2, 0) is 20.2 Å². The van der Waals surface area contributed by atoms with E-state index in [0.717, 1.165) is 11.1 Å². The quantitative estimate of drug-likeness (QED) is 0.457. The molecule has 0 aliphatic carbocycles. The molecule has 0 aromatic heterocycles. The van der Waals surface area contributed by atoms with Crippen LogP contribution >= 0.6 is 31.9 Å². The summed E-state index contributed by atoms with van der Waals surface area (Å²) in [5, 5.41) is 0.985. The van der Waals surface area contributed by atoms with Crippen LogP contribution in [0.3, 0.4) is 0 Å². The van der Waals surface area contributed by atoms with Crippen molar-refractivity contribution in [2.75, 3.05) is 0 Å². The Morgan fingerprint density at radius 2 is 1.28 bits per heavy atom. The zero-order chi connectivity index (χ0) is 13.7. The standard InChI is InChI=1S/C12H12Br2O4/c1-7(15)17-11-9(5-13)3-4-10(6-14)12(11)18-8(2)16/h3-4H,5-6H2,1-2H3. The normalized spacial score (nSPS) is 10.0. The summed E-state index contributed by atoms with van der Waals surface area (Å²) in [6, 6.07) is 3.63. The molecule has 0 atom stereocenters. The van der Waals surface area contributed by atoms with Crippen molar-refractivity contribution >= 4 is 43.8 Å². The van der Waals surface area contributed by atoms with Gasteiger partial charge >= 0.3 is 11.9 Å². The van der Waals surface area contributed by atoms with Crippen molar-refractivity contribution < 1.29 is 19.1 Å². The molecule has 0 spiro atoms. The molecule has 0 aliphatic heterocycles. The first kappa shape index (κ1) is 15.2. The predicted molar refractivity (Wildman–Crippen MR) is 74.3 cm³/mol. The van der Waals surface area contributed by atoms with E-state index in [-0.39, 0.29) is 11.5 Å². The zero-order valence-electron chi connectivity index (χ0n) is 9.96. The van der Waals surface area contributed by atoms with Crippen LogP contribution in [0.2, 0.25) is 0 Å². The largest absolute Gasteiger partial charge is 0.422 e. The van der Waals surface area contributed by atoms with Gasteiger partial charge in [0.25, 0.3) is 0 Å². The first-order valence-electron chi connectivity index (χ1n) is 5.13. The van der Waals surface area contributed by atoms with Crippen molar-refractivity contribution in [2.24, 2.45) is 0 Å². The maximum atomic E-state index is 11.1. The van der Waals surface area contributed by atoms with Crippen LogP contribution < -0.4 is 9.47 Å². The summed E-state index contributed by atoms with van der Waals surface area (Å²) < 4.78 is 10.3. The average molecular weight is 380 g/mol. The van der Waals surface area contributed by atoms with E-state index in [9.17, 15) is 9.59 Å².